The molecule has 10 nitrogen and oxygen atoms in total. The Labute approximate surface area is 201 Å². The molecule has 11 heteroatoms. The second kappa shape index (κ2) is 11.4. The van der Waals surface area contributed by atoms with E-state index in [0.29, 0.717) is 25.9 Å². The SMILES string of the molecule is Cc1cccc(S(=O)(=O)N(C)C[C@H]2OCc3cnnn3CCCC(=O)N([C@H](C)CO)C[C@H]2C)c1. The summed E-state index contributed by atoms with van der Waals surface area (Å²) in [5.41, 5.74) is 1.63. The van der Waals surface area contributed by atoms with Crippen LogP contribution in [0.2, 0.25) is 0 Å². The predicted molar refractivity (Wildman–Crippen MR) is 126 cm³/mol. The average molecular weight is 494 g/mol. The second-order valence-corrected chi connectivity index (χ2v) is 11.1. The molecule has 2 aromatic rings. The van der Waals surface area contributed by atoms with Crippen LogP contribution in [0.15, 0.2) is 35.4 Å². The van der Waals surface area contributed by atoms with Crippen LogP contribution in [-0.4, -0.2) is 82.5 Å². The van der Waals surface area contributed by atoms with Crippen molar-refractivity contribution >= 4 is 15.9 Å². The molecular weight excluding hydrogens is 458 g/mol. The number of carbonyl (C=O) groups excluding carboxylic acids is 1. The Balaban J connectivity index is 1.87. The number of ether oxygens (including phenoxy) is 1. The summed E-state index contributed by atoms with van der Waals surface area (Å²) in [4.78, 5) is 14.8. The molecule has 1 amide bonds. The fourth-order valence-corrected chi connectivity index (χ4v) is 5.34. The van der Waals surface area contributed by atoms with E-state index < -0.39 is 16.1 Å². The van der Waals surface area contributed by atoms with Gasteiger partial charge in [-0.2, -0.15) is 4.31 Å². The third-order valence-corrected chi connectivity index (χ3v) is 8.09. The van der Waals surface area contributed by atoms with E-state index in [0.717, 1.165) is 11.3 Å². The number of nitrogens with zero attached hydrogens (tertiary/aromatic N) is 5. The lowest BCUT2D eigenvalue weighted by Crippen LogP contribution is -2.47. The summed E-state index contributed by atoms with van der Waals surface area (Å²) in [6.45, 7) is 6.63. The van der Waals surface area contributed by atoms with Crippen molar-refractivity contribution in [2.75, 3.05) is 26.7 Å². The maximum absolute atomic E-state index is 13.2. The summed E-state index contributed by atoms with van der Waals surface area (Å²) < 4.78 is 35.7. The highest BCUT2D eigenvalue weighted by Gasteiger charge is 2.31. The van der Waals surface area contributed by atoms with Crippen molar-refractivity contribution in [2.24, 2.45) is 5.92 Å². The fourth-order valence-electron chi connectivity index (χ4n) is 4.05. The molecule has 0 fully saturated rings. The van der Waals surface area contributed by atoms with Gasteiger partial charge in [0.05, 0.1) is 42.1 Å². The molecule has 0 unspecified atom stereocenters. The van der Waals surface area contributed by atoms with Crippen molar-refractivity contribution in [1.29, 1.82) is 0 Å². The van der Waals surface area contributed by atoms with Gasteiger partial charge in [0.25, 0.3) is 0 Å². The smallest absolute Gasteiger partial charge is 0.242 e. The van der Waals surface area contributed by atoms with Gasteiger partial charge in [-0.3, -0.25) is 4.79 Å². The number of hydrogen-bond acceptors (Lipinski definition) is 7. The van der Waals surface area contributed by atoms with Crippen LogP contribution in [0.3, 0.4) is 0 Å². The van der Waals surface area contributed by atoms with E-state index in [1.165, 1.54) is 11.4 Å². The van der Waals surface area contributed by atoms with Crippen LogP contribution in [0.5, 0.6) is 0 Å². The van der Waals surface area contributed by atoms with Gasteiger partial charge < -0.3 is 14.7 Å². The first-order valence-electron chi connectivity index (χ1n) is 11.6. The third-order valence-electron chi connectivity index (χ3n) is 6.27. The number of rotatable bonds is 6. The molecule has 1 aromatic heterocycles. The number of aryl methyl sites for hydroxylation is 2. The minimum absolute atomic E-state index is 0.0601. The van der Waals surface area contributed by atoms with E-state index in [1.807, 2.05) is 19.9 Å². The van der Waals surface area contributed by atoms with Gasteiger partial charge >= 0.3 is 0 Å². The quantitative estimate of drug-likeness (QED) is 0.647. The van der Waals surface area contributed by atoms with Crippen molar-refractivity contribution in [2.45, 2.75) is 63.8 Å². The van der Waals surface area contributed by atoms with E-state index in [1.54, 1.807) is 40.9 Å². The van der Waals surface area contributed by atoms with Crippen molar-refractivity contribution in [3.05, 3.63) is 41.7 Å². The van der Waals surface area contributed by atoms with Gasteiger partial charge in [0.1, 0.15) is 0 Å². The van der Waals surface area contributed by atoms with Crippen LogP contribution in [0.1, 0.15) is 37.9 Å². The van der Waals surface area contributed by atoms with Gasteiger partial charge in [0.15, 0.2) is 0 Å². The Kier molecular flexibility index (Phi) is 8.80. The number of fused-ring (bicyclic) bond motifs is 1. The molecule has 3 atom stereocenters. The van der Waals surface area contributed by atoms with Crippen molar-refractivity contribution < 1.29 is 23.1 Å². The number of aliphatic hydroxyl groups excluding tert-OH is 1. The summed E-state index contributed by atoms with van der Waals surface area (Å²) in [6, 6.07) is 6.44. The molecule has 0 saturated heterocycles. The Morgan fingerprint density at radius 2 is 2.12 bits per heavy atom. The first-order chi connectivity index (χ1) is 16.1. The van der Waals surface area contributed by atoms with Crippen LogP contribution in [0, 0.1) is 12.8 Å². The standard InChI is InChI=1S/C23H35N5O5S/c1-17-7-5-8-21(11-17)34(31,32)26(4)14-22-18(2)13-27(19(3)15-29)23(30)9-6-10-28-20(16-33-22)12-24-25-28/h5,7-8,11-12,18-19,22,29H,6,9-10,13-16H2,1-4H3/t18-,19-,22-/m1/s1. The van der Waals surface area contributed by atoms with E-state index in [9.17, 15) is 18.3 Å². The number of amides is 1. The monoisotopic (exact) mass is 493 g/mol. The molecule has 0 spiro atoms. The molecular formula is C23H35N5O5S. The van der Waals surface area contributed by atoms with Crippen molar-refractivity contribution in [1.82, 2.24) is 24.2 Å². The molecule has 34 heavy (non-hydrogen) atoms. The summed E-state index contributed by atoms with van der Waals surface area (Å²) in [6.07, 6.45) is 2.04. The minimum Gasteiger partial charge on any atom is -0.394 e. The zero-order valence-corrected chi connectivity index (χ0v) is 21.1. The largest absolute Gasteiger partial charge is 0.394 e. The molecule has 1 aliphatic heterocycles. The van der Waals surface area contributed by atoms with E-state index in [-0.39, 0.29) is 42.5 Å². The van der Waals surface area contributed by atoms with Crippen LogP contribution >= 0.6 is 0 Å². The molecule has 0 saturated carbocycles. The van der Waals surface area contributed by atoms with Gasteiger partial charge in [-0.25, -0.2) is 13.1 Å². The number of carbonyl (C=O) groups is 1. The van der Waals surface area contributed by atoms with Gasteiger partial charge in [-0.1, -0.05) is 24.3 Å². The molecule has 0 radical (unpaired) electrons. The van der Waals surface area contributed by atoms with Crippen molar-refractivity contribution in [3.63, 3.8) is 0 Å². The zero-order valence-electron chi connectivity index (χ0n) is 20.3. The second-order valence-electron chi connectivity index (χ2n) is 9.06. The van der Waals surface area contributed by atoms with Gasteiger partial charge in [0, 0.05) is 39.0 Å². The Morgan fingerprint density at radius 3 is 2.82 bits per heavy atom. The van der Waals surface area contributed by atoms with Crippen LogP contribution in [-0.2, 0) is 32.7 Å². The Hall–Kier alpha value is -2.34. The van der Waals surface area contributed by atoms with Crippen LogP contribution in [0.4, 0.5) is 0 Å². The summed E-state index contributed by atoms with van der Waals surface area (Å²) in [5, 5.41) is 17.8. The number of likely N-dealkylation sites (N-methyl/N-ethyl adjacent to an activating group) is 1. The summed E-state index contributed by atoms with van der Waals surface area (Å²) >= 11 is 0. The molecule has 3 rings (SSSR count). The number of sulfonamides is 1. The topological polar surface area (TPSA) is 118 Å². The molecule has 0 bridgehead atoms. The highest BCUT2D eigenvalue weighted by molar-refractivity contribution is 7.89. The van der Waals surface area contributed by atoms with Crippen LogP contribution < -0.4 is 0 Å². The molecule has 1 aliphatic rings. The maximum atomic E-state index is 13.2. The molecule has 1 N–H and O–H groups in total. The number of aliphatic hydroxyl groups is 1. The zero-order chi connectivity index (χ0) is 24.9. The normalized spacial score (nSPS) is 21.6. The molecule has 0 aliphatic carbocycles. The number of hydrogen-bond donors (Lipinski definition) is 1. The summed E-state index contributed by atoms with van der Waals surface area (Å²) in [7, 11) is -2.19. The first-order valence-corrected chi connectivity index (χ1v) is 13.0. The molecule has 188 valence electrons. The number of aromatic nitrogens is 3. The third kappa shape index (κ3) is 6.21. The Morgan fingerprint density at radius 1 is 1.35 bits per heavy atom. The summed E-state index contributed by atoms with van der Waals surface area (Å²) in [5.74, 6) is -0.257. The van der Waals surface area contributed by atoms with Crippen molar-refractivity contribution in [3.8, 4) is 0 Å². The fraction of sp³-hybridized carbons (Fsp3) is 0.609. The lowest BCUT2D eigenvalue weighted by atomic mass is 10.0. The maximum Gasteiger partial charge on any atom is 0.242 e. The van der Waals surface area contributed by atoms with E-state index in [2.05, 4.69) is 10.3 Å². The van der Waals surface area contributed by atoms with E-state index in [4.69, 9.17) is 4.74 Å². The van der Waals surface area contributed by atoms with Crippen LogP contribution in [0.25, 0.3) is 0 Å². The highest BCUT2D eigenvalue weighted by atomic mass is 32.2. The highest BCUT2D eigenvalue weighted by Crippen LogP contribution is 2.21. The van der Waals surface area contributed by atoms with E-state index >= 15 is 0 Å². The van der Waals surface area contributed by atoms with Gasteiger partial charge in [-0.05, 0) is 38.0 Å². The lowest BCUT2D eigenvalue weighted by Gasteiger charge is -2.35. The molecule has 2 heterocycles. The molecule has 1 aromatic carbocycles. The van der Waals surface area contributed by atoms with Gasteiger partial charge in [0.2, 0.25) is 15.9 Å². The lowest BCUT2D eigenvalue weighted by molar-refractivity contribution is -0.136. The first kappa shape index (κ1) is 26.3. The average Bonchev–Trinajstić information content (AvgIpc) is 3.25. The predicted octanol–water partition coefficient (Wildman–Crippen LogP) is 1.43. The Bertz CT molecular complexity index is 1070. The number of benzene rings is 1. The van der Waals surface area contributed by atoms with Gasteiger partial charge in [-0.15, -0.1) is 5.10 Å². The minimum atomic E-state index is -3.73.